The summed E-state index contributed by atoms with van der Waals surface area (Å²) in [6, 6.07) is 9.35. The molecular weight excluding hydrogens is 252 g/mol. The number of carbonyl (C=O) groups is 2. The number of alkyl halides is 1. The summed E-state index contributed by atoms with van der Waals surface area (Å²) in [6.45, 7) is -0.0224. The molecule has 1 aromatic rings. The van der Waals surface area contributed by atoms with Gasteiger partial charge < -0.3 is 10.6 Å². The van der Waals surface area contributed by atoms with E-state index in [9.17, 15) is 9.59 Å². The molecule has 4 nitrogen and oxygen atoms in total. The summed E-state index contributed by atoms with van der Waals surface area (Å²) in [5, 5.41) is 4.56. The number of benzene rings is 1. The standard InChI is InChI=1S/C13H15ClN2O2/c14-12(9-4-2-1-3-5-9)13(18)15-8-11(17)16-10-6-7-10/h1-5,10,12H,6-8H2,(H,15,18)(H,16,17). The first-order valence-electron chi connectivity index (χ1n) is 5.93. The van der Waals surface area contributed by atoms with Crippen molar-refractivity contribution in [3.05, 3.63) is 35.9 Å². The van der Waals surface area contributed by atoms with E-state index in [0.29, 0.717) is 6.04 Å². The molecular formula is C13H15ClN2O2. The van der Waals surface area contributed by atoms with Crippen LogP contribution in [0, 0.1) is 0 Å². The van der Waals surface area contributed by atoms with Crippen LogP contribution >= 0.6 is 11.6 Å². The van der Waals surface area contributed by atoms with Gasteiger partial charge in [-0.2, -0.15) is 0 Å². The van der Waals surface area contributed by atoms with E-state index >= 15 is 0 Å². The van der Waals surface area contributed by atoms with Gasteiger partial charge in [-0.3, -0.25) is 9.59 Å². The van der Waals surface area contributed by atoms with Crippen molar-refractivity contribution in [3.63, 3.8) is 0 Å². The predicted octanol–water partition coefficient (Wildman–Crippen LogP) is 1.36. The van der Waals surface area contributed by atoms with Crippen molar-refractivity contribution in [1.82, 2.24) is 10.6 Å². The third-order valence-corrected chi connectivity index (χ3v) is 3.14. The second kappa shape index (κ2) is 5.87. The van der Waals surface area contributed by atoms with Gasteiger partial charge in [-0.15, -0.1) is 11.6 Å². The molecule has 0 spiro atoms. The van der Waals surface area contributed by atoms with Crippen LogP contribution in [0.4, 0.5) is 0 Å². The lowest BCUT2D eigenvalue weighted by molar-refractivity contribution is -0.126. The first-order valence-corrected chi connectivity index (χ1v) is 6.36. The Kier molecular flexibility index (Phi) is 4.20. The molecule has 1 aliphatic rings. The minimum Gasteiger partial charge on any atom is -0.352 e. The molecule has 0 bridgehead atoms. The quantitative estimate of drug-likeness (QED) is 0.791. The van der Waals surface area contributed by atoms with Crippen molar-refractivity contribution in [1.29, 1.82) is 0 Å². The summed E-state index contributed by atoms with van der Waals surface area (Å²) in [5.74, 6) is -0.517. The Morgan fingerprint density at radius 2 is 1.94 bits per heavy atom. The summed E-state index contributed by atoms with van der Waals surface area (Å²) < 4.78 is 0. The molecule has 1 saturated carbocycles. The Morgan fingerprint density at radius 1 is 1.28 bits per heavy atom. The molecule has 0 heterocycles. The zero-order chi connectivity index (χ0) is 13.0. The van der Waals surface area contributed by atoms with Crippen LogP contribution in [-0.2, 0) is 9.59 Å². The van der Waals surface area contributed by atoms with Gasteiger partial charge in [-0.05, 0) is 18.4 Å². The lowest BCUT2D eigenvalue weighted by atomic mass is 10.1. The predicted molar refractivity (Wildman–Crippen MR) is 69.2 cm³/mol. The van der Waals surface area contributed by atoms with E-state index in [-0.39, 0.29) is 18.4 Å². The summed E-state index contributed by atoms with van der Waals surface area (Å²) in [5.41, 5.74) is 0.722. The third kappa shape index (κ3) is 3.74. The van der Waals surface area contributed by atoms with Crippen molar-refractivity contribution in [2.45, 2.75) is 24.3 Å². The van der Waals surface area contributed by atoms with E-state index in [1.54, 1.807) is 12.1 Å². The lowest BCUT2D eigenvalue weighted by Crippen LogP contribution is -2.38. The van der Waals surface area contributed by atoms with Gasteiger partial charge in [-0.25, -0.2) is 0 Å². The molecule has 1 unspecified atom stereocenters. The Labute approximate surface area is 111 Å². The summed E-state index contributed by atoms with van der Waals surface area (Å²) in [7, 11) is 0. The molecule has 18 heavy (non-hydrogen) atoms. The Balaban J connectivity index is 1.78. The van der Waals surface area contributed by atoms with Crippen molar-refractivity contribution in [3.8, 4) is 0 Å². The second-order valence-electron chi connectivity index (χ2n) is 4.33. The summed E-state index contributed by atoms with van der Waals surface area (Å²) in [4.78, 5) is 23.1. The highest BCUT2D eigenvalue weighted by atomic mass is 35.5. The molecule has 0 aliphatic heterocycles. The van der Waals surface area contributed by atoms with Crippen molar-refractivity contribution >= 4 is 23.4 Å². The maximum Gasteiger partial charge on any atom is 0.243 e. The minimum atomic E-state index is -0.764. The number of carbonyl (C=O) groups excluding carboxylic acids is 2. The average molecular weight is 267 g/mol. The van der Waals surface area contributed by atoms with Gasteiger partial charge in [0, 0.05) is 6.04 Å². The largest absolute Gasteiger partial charge is 0.352 e. The van der Waals surface area contributed by atoms with Gasteiger partial charge >= 0.3 is 0 Å². The number of hydrogen-bond acceptors (Lipinski definition) is 2. The number of amides is 2. The second-order valence-corrected chi connectivity index (χ2v) is 4.77. The fourth-order valence-electron chi connectivity index (χ4n) is 1.54. The van der Waals surface area contributed by atoms with Crippen LogP contribution in [0.15, 0.2) is 30.3 Å². The number of nitrogens with one attached hydrogen (secondary N) is 2. The molecule has 1 fully saturated rings. The smallest absolute Gasteiger partial charge is 0.243 e. The summed E-state index contributed by atoms with van der Waals surface area (Å²) >= 11 is 6.01. The normalized spacial score (nSPS) is 15.8. The maximum atomic E-state index is 11.7. The molecule has 2 N–H and O–H groups in total. The molecule has 2 amide bonds. The molecule has 0 radical (unpaired) electrons. The van der Waals surface area contributed by atoms with Crippen LogP contribution in [0.3, 0.4) is 0 Å². The first kappa shape index (κ1) is 12.9. The molecule has 1 aromatic carbocycles. The summed E-state index contributed by atoms with van der Waals surface area (Å²) in [6.07, 6.45) is 2.06. The fourth-order valence-corrected chi connectivity index (χ4v) is 1.76. The van der Waals surface area contributed by atoms with Gasteiger partial charge in [0.1, 0.15) is 5.38 Å². The van der Waals surface area contributed by atoms with Gasteiger partial charge in [0.2, 0.25) is 11.8 Å². The lowest BCUT2D eigenvalue weighted by Gasteiger charge is -2.10. The highest BCUT2D eigenvalue weighted by molar-refractivity contribution is 6.30. The van der Waals surface area contributed by atoms with Crippen LogP contribution in [0.2, 0.25) is 0 Å². The zero-order valence-corrected chi connectivity index (χ0v) is 10.6. The van der Waals surface area contributed by atoms with E-state index in [0.717, 1.165) is 18.4 Å². The number of hydrogen-bond donors (Lipinski definition) is 2. The number of halogens is 1. The van der Waals surface area contributed by atoms with Crippen LogP contribution in [0.25, 0.3) is 0 Å². The molecule has 1 aliphatic carbocycles. The van der Waals surface area contributed by atoms with Crippen LogP contribution in [-0.4, -0.2) is 24.4 Å². The van der Waals surface area contributed by atoms with Gasteiger partial charge in [0.15, 0.2) is 0 Å². The highest BCUT2D eigenvalue weighted by Gasteiger charge is 2.24. The maximum absolute atomic E-state index is 11.7. The topological polar surface area (TPSA) is 58.2 Å². The third-order valence-electron chi connectivity index (χ3n) is 2.69. The van der Waals surface area contributed by atoms with E-state index < -0.39 is 5.38 Å². The Morgan fingerprint density at radius 3 is 2.56 bits per heavy atom. The highest BCUT2D eigenvalue weighted by Crippen LogP contribution is 2.20. The van der Waals surface area contributed by atoms with E-state index in [2.05, 4.69) is 10.6 Å². The minimum absolute atomic E-state index is 0.0224. The molecule has 96 valence electrons. The van der Waals surface area contributed by atoms with Crippen molar-refractivity contribution in [2.75, 3.05) is 6.54 Å². The number of rotatable bonds is 5. The van der Waals surface area contributed by atoms with Crippen LogP contribution in [0.5, 0.6) is 0 Å². The monoisotopic (exact) mass is 266 g/mol. The van der Waals surface area contributed by atoms with Crippen LogP contribution < -0.4 is 10.6 Å². The molecule has 0 aromatic heterocycles. The Hall–Kier alpha value is -1.55. The first-order chi connectivity index (χ1) is 8.66. The van der Waals surface area contributed by atoms with Crippen molar-refractivity contribution < 1.29 is 9.59 Å². The fraction of sp³-hybridized carbons (Fsp3) is 0.385. The Bertz CT molecular complexity index is 432. The van der Waals surface area contributed by atoms with Gasteiger partial charge in [0.05, 0.1) is 6.54 Å². The molecule has 2 rings (SSSR count). The molecule has 0 saturated heterocycles. The van der Waals surface area contributed by atoms with Crippen LogP contribution in [0.1, 0.15) is 23.8 Å². The van der Waals surface area contributed by atoms with E-state index in [1.165, 1.54) is 0 Å². The van der Waals surface area contributed by atoms with Crippen molar-refractivity contribution in [2.24, 2.45) is 0 Å². The molecule has 5 heteroatoms. The van der Waals surface area contributed by atoms with E-state index in [1.807, 2.05) is 18.2 Å². The average Bonchev–Trinajstić information content (AvgIpc) is 3.20. The SMILES string of the molecule is O=C(CNC(=O)C(Cl)c1ccccc1)NC1CC1. The zero-order valence-electron chi connectivity index (χ0n) is 9.86. The molecule has 1 atom stereocenters. The van der Waals surface area contributed by atoms with Gasteiger partial charge in [-0.1, -0.05) is 30.3 Å². The van der Waals surface area contributed by atoms with Gasteiger partial charge in [0.25, 0.3) is 0 Å². The van der Waals surface area contributed by atoms with E-state index in [4.69, 9.17) is 11.6 Å².